The molecule has 5 aromatic rings. The van der Waals surface area contributed by atoms with Crippen molar-refractivity contribution in [2.75, 3.05) is 0 Å². The number of hydrogen-bond acceptors (Lipinski definition) is 3. The van der Waals surface area contributed by atoms with Crippen molar-refractivity contribution in [3.8, 4) is 0 Å². The van der Waals surface area contributed by atoms with Gasteiger partial charge in [-0.1, -0.05) is 83.9 Å². The number of halogens is 2. The number of carboxylic acids is 1. The Morgan fingerprint density at radius 1 is 0.872 bits per heavy atom. The Balaban J connectivity index is 1.57. The molecule has 5 nitrogen and oxygen atoms in total. The average molecular weight is 557 g/mol. The number of fused-ring (bicyclic) bond motifs is 1. The fraction of sp³-hybridized carbons (Fsp3) is 0.188. The molecular formula is C32H26Cl2N2O3. The van der Waals surface area contributed by atoms with Crippen LogP contribution in [-0.2, 0) is 16.8 Å². The number of aliphatic hydroxyl groups excluding tert-OH is 1. The maximum atomic E-state index is 13.4. The molecule has 1 atom stereocenters. The summed E-state index contributed by atoms with van der Waals surface area (Å²) in [5.74, 6) is 0.237. The second kappa shape index (κ2) is 10.2. The van der Waals surface area contributed by atoms with Crippen LogP contribution in [0.3, 0.4) is 0 Å². The van der Waals surface area contributed by atoms with E-state index in [1.807, 2.05) is 48.5 Å². The van der Waals surface area contributed by atoms with Crippen molar-refractivity contribution in [2.45, 2.75) is 36.8 Å². The van der Waals surface area contributed by atoms with E-state index >= 15 is 0 Å². The molecule has 1 unspecified atom stereocenters. The summed E-state index contributed by atoms with van der Waals surface area (Å²) >= 11 is 12.4. The number of benzene rings is 4. The van der Waals surface area contributed by atoms with Crippen molar-refractivity contribution in [3.63, 3.8) is 0 Å². The topological polar surface area (TPSA) is 75.3 Å². The molecule has 0 radical (unpaired) electrons. The van der Waals surface area contributed by atoms with E-state index in [-0.39, 0.29) is 0 Å². The van der Waals surface area contributed by atoms with Crippen molar-refractivity contribution in [1.82, 2.24) is 9.55 Å². The highest BCUT2D eigenvalue weighted by atomic mass is 35.5. The molecule has 0 spiro atoms. The van der Waals surface area contributed by atoms with Gasteiger partial charge in [0.1, 0.15) is 11.2 Å². The number of carboxylic acid groups (broad SMARTS) is 1. The van der Waals surface area contributed by atoms with Crippen LogP contribution in [0.5, 0.6) is 0 Å². The van der Waals surface area contributed by atoms with Gasteiger partial charge in [0.15, 0.2) is 0 Å². The second-order valence-electron chi connectivity index (χ2n) is 10.1. The minimum absolute atomic E-state index is 0.317. The van der Waals surface area contributed by atoms with Crippen LogP contribution in [-0.4, -0.2) is 25.7 Å². The van der Waals surface area contributed by atoms with E-state index in [2.05, 4.69) is 4.57 Å². The molecule has 2 N–H and O–H groups in total. The Kier molecular flexibility index (Phi) is 6.67. The molecule has 196 valence electrons. The number of rotatable bonds is 8. The van der Waals surface area contributed by atoms with Crippen molar-refractivity contribution in [3.05, 3.63) is 135 Å². The van der Waals surface area contributed by atoms with Gasteiger partial charge in [-0.3, -0.25) is 4.79 Å². The monoisotopic (exact) mass is 556 g/mol. The Bertz CT molecular complexity index is 1600. The molecule has 1 saturated carbocycles. The predicted molar refractivity (Wildman–Crippen MR) is 154 cm³/mol. The number of carbonyl (C=O) groups is 1. The number of aliphatic carboxylic acids is 1. The number of aromatic nitrogens is 2. The quantitative estimate of drug-likeness (QED) is 0.195. The summed E-state index contributed by atoms with van der Waals surface area (Å²) < 4.78 is 2.06. The summed E-state index contributed by atoms with van der Waals surface area (Å²) in [7, 11) is 0. The van der Waals surface area contributed by atoms with E-state index in [1.54, 1.807) is 48.5 Å². The van der Waals surface area contributed by atoms with E-state index in [1.165, 1.54) is 0 Å². The molecule has 1 aromatic heterocycles. The second-order valence-corrected chi connectivity index (χ2v) is 10.9. The first-order valence-electron chi connectivity index (χ1n) is 12.9. The highest BCUT2D eigenvalue weighted by Crippen LogP contribution is 2.44. The lowest BCUT2D eigenvalue weighted by Crippen LogP contribution is -2.38. The van der Waals surface area contributed by atoms with E-state index in [0.717, 1.165) is 35.3 Å². The van der Waals surface area contributed by atoms with Crippen molar-refractivity contribution in [1.29, 1.82) is 0 Å². The van der Waals surface area contributed by atoms with Crippen LogP contribution in [0.4, 0.5) is 0 Å². The Morgan fingerprint density at radius 2 is 1.44 bits per heavy atom. The highest BCUT2D eigenvalue weighted by molar-refractivity contribution is 6.30. The molecule has 1 aliphatic carbocycles. The molecular weight excluding hydrogens is 531 g/mol. The molecule has 1 aliphatic rings. The van der Waals surface area contributed by atoms with Crippen molar-refractivity contribution < 1.29 is 15.0 Å². The highest BCUT2D eigenvalue weighted by Gasteiger charge is 2.44. The van der Waals surface area contributed by atoms with Gasteiger partial charge in [0.2, 0.25) is 0 Å². The van der Waals surface area contributed by atoms with Crippen LogP contribution in [0.1, 0.15) is 52.9 Å². The Morgan fingerprint density at radius 3 is 1.97 bits per heavy atom. The summed E-state index contributed by atoms with van der Waals surface area (Å²) in [6.07, 6.45) is 1.36. The predicted octanol–water partition coefficient (Wildman–Crippen LogP) is 7.37. The molecule has 0 amide bonds. The minimum atomic E-state index is -1.53. The first-order chi connectivity index (χ1) is 18.9. The largest absolute Gasteiger partial charge is 0.480 e. The van der Waals surface area contributed by atoms with Crippen LogP contribution in [0.2, 0.25) is 10.0 Å². The zero-order chi connectivity index (χ0) is 27.1. The van der Waals surface area contributed by atoms with Gasteiger partial charge in [-0.15, -0.1) is 0 Å². The van der Waals surface area contributed by atoms with Gasteiger partial charge >= 0.3 is 5.97 Å². The zero-order valence-electron chi connectivity index (χ0n) is 21.0. The SMILES string of the molecule is O=C(O)C(c1ccc(Cl)cc1)(c1ccc(Cl)cc1)c1ccc2nc(C3CC3)n(CC(O)c3ccccc3)c2c1. The van der Waals surface area contributed by atoms with Crippen LogP contribution >= 0.6 is 23.2 Å². The molecule has 4 aromatic carbocycles. The van der Waals surface area contributed by atoms with Gasteiger partial charge < -0.3 is 14.8 Å². The van der Waals surface area contributed by atoms with Gasteiger partial charge in [0, 0.05) is 16.0 Å². The first-order valence-corrected chi connectivity index (χ1v) is 13.6. The molecule has 1 fully saturated rings. The van der Waals surface area contributed by atoms with E-state index < -0.39 is 17.5 Å². The summed E-state index contributed by atoms with van der Waals surface area (Å²) in [5, 5.41) is 23.1. The lowest BCUT2D eigenvalue weighted by Gasteiger charge is -2.31. The Labute approximate surface area is 236 Å². The zero-order valence-corrected chi connectivity index (χ0v) is 22.5. The lowest BCUT2D eigenvalue weighted by atomic mass is 9.69. The molecule has 0 saturated heterocycles. The minimum Gasteiger partial charge on any atom is -0.480 e. The summed E-state index contributed by atoms with van der Waals surface area (Å²) in [6.45, 7) is 0.317. The fourth-order valence-electron chi connectivity index (χ4n) is 5.44. The Hall–Kier alpha value is -3.64. The third-order valence-corrected chi connectivity index (χ3v) is 8.07. The number of nitrogens with zero attached hydrogens (tertiary/aromatic N) is 2. The van der Waals surface area contributed by atoms with Gasteiger partial charge in [0.05, 0.1) is 23.7 Å². The van der Waals surface area contributed by atoms with Crippen molar-refractivity contribution in [2.24, 2.45) is 0 Å². The molecule has 1 heterocycles. The first kappa shape index (κ1) is 25.6. The molecule has 7 heteroatoms. The molecule has 6 rings (SSSR count). The summed E-state index contributed by atoms with van der Waals surface area (Å²) in [4.78, 5) is 18.3. The van der Waals surface area contributed by atoms with E-state index in [4.69, 9.17) is 28.2 Å². The van der Waals surface area contributed by atoms with Gasteiger partial charge in [-0.25, -0.2) is 4.98 Å². The van der Waals surface area contributed by atoms with Crippen LogP contribution in [0.25, 0.3) is 11.0 Å². The standard InChI is InChI=1S/C32H26Cl2N2O3/c33-25-13-8-22(9-14-25)32(31(38)39,23-10-15-26(34)16-11-23)24-12-17-27-28(18-24)36(30(35-27)21-6-7-21)19-29(37)20-4-2-1-3-5-20/h1-5,8-18,21,29,37H,6-7,19H2,(H,38,39). The number of hydrogen-bond donors (Lipinski definition) is 2. The van der Waals surface area contributed by atoms with E-state index in [9.17, 15) is 15.0 Å². The van der Waals surface area contributed by atoms with E-state index in [0.29, 0.717) is 39.2 Å². The molecule has 0 aliphatic heterocycles. The molecule has 39 heavy (non-hydrogen) atoms. The molecule has 0 bridgehead atoms. The average Bonchev–Trinajstić information content (AvgIpc) is 3.73. The van der Waals surface area contributed by atoms with Crippen LogP contribution < -0.4 is 0 Å². The summed E-state index contributed by atoms with van der Waals surface area (Å²) in [5.41, 5.74) is 2.56. The fourth-order valence-corrected chi connectivity index (χ4v) is 5.70. The third-order valence-electron chi connectivity index (χ3n) is 7.57. The van der Waals surface area contributed by atoms with Gasteiger partial charge in [-0.05, 0) is 71.5 Å². The maximum absolute atomic E-state index is 13.4. The smallest absolute Gasteiger partial charge is 0.323 e. The van der Waals surface area contributed by atoms with Crippen LogP contribution in [0.15, 0.2) is 97.1 Å². The summed E-state index contributed by atoms with van der Waals surface area (Å²) in [6, 6.07) is 29.0. The number of imidazole rings is 1. The number of aliphatic hydroxyl groups is 1. The van der Waals surface area contributed by atoms with Gasteiger partial charge in [-0.2, -0.15) is 0 Å². The van der Waals surface area contributed by atoms with Gasteiger partial charge in [0.25, 0.3) is 0 Å². The normalized spacial score (nSPS) is 14.4. The lowest BCUT2D eigenvalue weighted by molar-refractivity contribution is -0.140. The maximum Gasteiger partial charge on any atom is 0.323 e. The van der Waals surface area contributed by atoms with Crippen LogP contribution in [0, 0.1) is 0 Å². The van der Waals surface area contributed by atoms with Crippen molar-refractivity contribution >= 4 is 40.2 Å². The third kappa shape index (κ3) is 4.61.